The van der Waals surface area contributed by atoms with Gasteiger partial charge in [0, 0.05) is 24.2 Å². The van der Waals surface area contributed by atoms with Crippen LogP contribution in [-0.4, -0.2) is 38.3 Å². The van der Waals surface area contributed by atoms with Gasteiger partial charge in [-0.05, 0) is 59.4 Å². The first-order chi connectivity index (χ1) is 12.0. The average molecular weight is 344 g/mol. The normalized spacial score (nSPS) is 17.9. The minimum absolute atomic E-state index is 0.228. The van der Waals surface area contributed by atoms with Crippen LogP contribution < -0.4 is 0 Å². The summed E-state index contributed by atoms with van der Waals surface area (Å²) in [5.74, 6) is 1.05. The van der Waals surface area contributed by atoms with Crippen molar-refractivity contribution in [2.24, 2.45) is 0 Å². The molecule has 3 rings (SSSR count). The number of aromatic nitrogens is 3. The van der Waals surface area contributed by atoms with Crippen LogP contribution in [0.25, 0.3) is 0 Å². The molecule has 6 nitrogen and oxygen atoms in total. The molecule has 2 aromatic heterocycles. The molecular formula is C19H28N4O2. The van der Waals surface area contributed by atoms with E-state index >= 15 is 0 Å². The maximum atomic E-state index is 12.9. The highest BCUT2D eigenvalue weighted by Gasteiger charge is 2.27. The van der Waals surface area contributed by atoms with Crippen LogP contribution in [0.2, 0.25) is 0 Å². The Bertz CT molecular complexity index is 727. The van der Waals surface area contributed by atoms with Crippen molar-refractivity contribution in [1.29, 1.82) is 0 Å². The van der Waals surface area contributed by atoms with Crippen LogP contribution in [0.1, 0.15) is 54.1 Å². The lowest BCUT2D eigenvalue weighted by molar-refractivity contribution is -0.135. The van der Waals surface area contributed by atoms with E-state index in [0.29, 0.717) is 12.8 Å². The van der Waals surface area contributed by atoms with Crippen molar-refractivity contribution >= 4 is 5.91 Å². The number of nitrogens with zero attached hydrogens (tertiary/aromatic N) is 4. The number of hydrogen-bond acceptors (Lipinski definition) is 4. The Labute approximate surface area is 149 Å². The average Bonchev–Trinajstić information content (AvgIpc) is 3.07. The third-order valence-electron chi connectivity index (χ3n) is 5.20. The monoisotopic (exact) mass is 344 g/mol. The van der Waals surface area contributed by atoms with Crippen molar-refractivity contribution in [3.63, 3.8) is 0 Å². The number of carbonyl (C=O) groups excluding carboxylic acids is 1. The molecule has 2 aromatic rings. The lowest BCUT2D eigenvalue weighted by Gasteiger charge is -2.36. The molecule has 1 atom stereocenters. The number of amides is 1. The van der Waals surface area contributed by atoms with Gasteiger partial charge in [-0.3, -0.25) is 9.48 Å². The predicted molar refractivity (Wildman–Crippen MR) is 95.4 cm³/mol. The van der Waals surface area contributed by atoms with Gasteiger partial charge in [0.05, 0.1) is 24.0 Å². The molecule has 0 aromatic carbocycles. The van der Waals surface area contributed by atoms with Crippen LogP contribution in [0, 0.1) is 27.7 Å². The first-order valence-electron chi connectivity index (χ1n) is 9.18. The summed E-state index contributed by atoms with van der Waals surface area (Å²) in [6, 6.07) is 2.33. The van der Waals surface area contributed by atoms with Crippen molar-refractivity contribution < 1.29 is 9.32 Å². The number of rotatable bonds is 5. The van der Waals surface area contributed by atoms with Gasteiger partial charge in [0.15, 0.2) is 0 Å². The third kappa shape index (κ3) is 3.94. The second kappa shape index (κ2) is 7.42. The number of carbonyl (C=O) groups is 1. The van der Waals surface area contributed by atoms with Crippen molar-refractivity contribution in [1.82, 2.24) is 19.8 Å². The zero-order valence-corrected chi connectivity index (χ0v) is 15.7. The largest absolute Gasteiger partial charge is 0.361 e. The first kappa shape index (κ1) is 17.7. The van der Waals surface area contributed by atoms with Gasteiger partial charge in [-0.1, -0.05) is 5.16 Å². The number of likely N-dealkylation sites (tertiary alicyclic amines) is 1. The highest BCUT2D eigenvalue weighted by Crippen LogP contribution is 2.22. The van der Waals surface area contributed by atoms with Gasteiger partial charge >= 0.3 is 0 Å². The Morgan fingerprint density at radius 1 is 1.28 bits per heavy atom. The molecule has 0 N–H and O–H groups in total. The van der Waals surface area contributed by atoms with Gasteiger partial charge in [0.2, 0.25) is 5.91 Å². The molecule has 1 fully saturated rings. The van der Waals surface area contributed by atoms with Crippen LogP contribution in [-0.2, 0) is 17.8 Å². The molecule has 0 bridgehead atoms. The third-order valence-corrected chi connectivity index (χ3v) is 5.20. The van der Waals surface area contributed by atoms with E-state index in [2.05, 4.69) is 28.1 Å². The van der Waals surface area contributed by atoms with E-state index in [-0.39, 0.29) is 11.9 Å². The van der Waals surface area contributed by atoms with Crippen molar-refractivity contribution in [3.05, 3.63) is 34.5 Å². The smallest absolute Gasteiger partial charge is 0.223 e. The molecular weight excluding hydrogens is 316 g/mol. The Kier molecular flexibility index (Phi) is 5.25. The molecule has 1 aliphatic rings. The fraction of sp³-hybridized carbons (Fsp3) is 0.632. The molecule has 3 heterocycles. The summed E-state index contributed by atoms with van der Waals surface area (Å²) < 4.78 is 7.24. The van der Waals surface area contributed by atoms with Gasteiger partial charge in [-0.25, -0.2) is 0 Å². The summed E-state index contributed by atoms with van der Waals surface area (Å²) in [5, 5.41) is 8.54. The van der Waals surface area contributed by atoms with Crippen molar-refractivity contribution in [2.75, 3.05) is 6.54 Å². The highest BCUT2D eigenvalue weighted by molar-refractivity contribution is 5.77. The fourth-order valence-electron chi connectivity index (χ4n) is 3.81. The number of hydrogen-bond donors (Lipinski definition) is 0. The van der Waals surface area contributed by atoms with Gasteiger partial charge in [-0.2, -0.15) is 5.10 Å². The van der Waals surface area contributed by atoms with Gasteiger partial charge in [0.25, 0.3) is 0 Å². The summed E-state index contributed by atoms with van der Waals surface area (Å²) in [6.07, 6.45) is 4.53. The molecule has 1 aliphatic heterocycles. The van der Waals surface area contributed by atoms with E-state index in [1.54, 1.807) is 0 Å². The molecule has 0 radical (unpaired) electrons. The molecule has 0 saturated carbocycles. The fourth-order valence-corrected chi connectivity index (χ4v) is 3.81. The Hall–Kier alpha value is -2.11. The maximum Gasteiger partial charge on any atom is 0.223 e. The Morgan fingerprint density at radius 2 is 2.08 bits per heavy atom. The van der Waals surface area contributed by atoms with Crippen LogP contribution in [0.5, 0.6) is 0 Å². The molecule has 1 saturated heterocycles. The summed E-state index contributed by atoms with van der Waals surface area (Å²) >= 11 is 0. The lowest BCUT2D eigenvalue weighted by atomic mass is 10.0. The zero-order chi connectivity index (χ0) is 18.0. The summed E-state index contributed by atoms with van der Waals surface area (Å²) in [4.78, 5) is 14.9. The SMILES string of the molecule is Cc1cc(C)n(CC2CCCCN2C(=O)CCc2c(C)noc2C)n1. The Morgan fingerprint density at radius 3 is 2.72 bits per heavy atom. The molecule has 1 unspecified atom stereocenters. The van der Waals surface area contributed by atoms with E-state index in [1.165, 1.54) is 6.42 Å². The van der Waals surface area contributed by atoms with Crippen LogP contribution in [0.4, 0.5) is 0 Å². The quantitative estimate of drug-likeness (QED) is 0.836. The zero-order valence-electron chi connectivity index (χ0n) is 15.7. The van der Waals surface area contributed by atoms with Crippen LogP contribution in [0.15, 0.2) is 10.6 Å². The van der Waals surface area contributed by atoms with Gasteiger partial charge in [0.1, 0.15) is 5.76 Å². The molecule has 0 aliphatic carbocycles. The minimum atomic E-state index is 0.228. The topological polar surface area (TPSA) is 64.2 Å². The Balaban J connectivity index is 1.65. The maximum absolute atomic E-state index is 12.9. The summed E-state index contributed by atoms with van der Waals surface area (Å²) in [5.41, 5.74) is 4.15. The van der Waals surface area contributed by atoms with Crippen molar-refractivity contribution in [2.45, 2.75) is 72.4 Å². The van der Waals surface area contributed by atoms with Gasteiger partial charge < -0.3 is 9.42 Å². The van der Waals surface area contributed by atoms with E-state index in [0.717, 1.165) is 54.3 Å². The van der Waals surface area contributed by atoms with E-state index in [9.17, 15) is 4.79 Å². The van der Waals surface area contributed by atoms with E-state index in [4.69, 9.17) is 4.52 Å². The van der Waals surface area contributed by atoms with Crippen LogP contribution >= 0.6 is 0 Å². The molecule has 6 heteroatoms. The predicted octanol–water partition coefficient (Wildman–Crippen LogP) is 3.12. The highest BCUT2D eigenvalue weighted by atomic mass is 16.5. The molecule has 136 valence electrons. The summed E-state index contributed by atoms with van der Waals surface area (Å²) in [7, 11) is 0. The molecule has 1 amide bonds. The first-order valence-corrected chi connectivity index (χ1v) is 9.18. The molecule has 25 heavy (non-hydrogen) atoms. The van der Waals surface area contributed by atoms with E-state index in [1.807, 2.05) is 25.5 Å². The lowest BCUT2D eigenvalue weighted by Crippen LogP contribution is -2.46. The standard InChI is InChI=1S/C19H28N4O2/c1-13-11-14(2)23(20-13)12-17-7-5-6-10-22(17)19(24)9-8-18-15(3)21-25-16(18)4/h11,17H,5-10,12H2,1-4H3. The van der Waals surface area contributed by atoms with E-state index < -0.39 is 0 Å². The summed E-state index contributed by atoms with van der Waals surface area (Å²) in [6.45, 7) is 9.57. The van der Waals surface area contributed by atoms with Gasteiger partial charge in [-0.15, -0.1) is 0 Å². The molecule has 0 spiro atoms. The van der Waals surface area contributed by atoms with Crippen molar-refractivity contribution in [3.8, 4) is 0 Å². The number of aryl methyl sites for hydroxylation is 4. The van der Waals surface area contributed by atoms with Crippen LogP contribution in [0.3, 0.4) is 0 Å². The number of piperidine rings is 1. The second-order valence-corrected chi connectivity index (χ2v) is 7.15. The minimum Gasteiger partial charge on any atom is -0.361 e. The second-order valence-electron chi connectivity index (χ2n) is 7.15.